The van der Waals surface area contributed by atoms with Crippen molar-refractivity contribution in [2.24, 2.45) is 0 Å². The van der Waals surface area contributed by atoms with E-state index in [-0.39, 0.29) is 18.0 Å². The first-order valence-corrected chi connectivity index (χ1v) is 7.99. The van der Waals surface area contributed by atoms with Crippen LogP contribution >= 0.6 is 23.7 Å². The number of hydrogen-bond acceptors (Lipinski definition) is 4. The number of hydrogen-bond donors (Lipinski definition) is 2. The average Bonchev–Trinajstić information content (AvgIpc) is 2.92. The molecule has 0 saturated heterocycles. The van der Waals surface area contributed by atoms with Gasteiger partial charge in [0.15, 0.2) is 0 Å². The Labute approximate surface area is 141 Å². The SMILES string of the molecule is CCc1cc(-c2ccc(CNCCOC)s2)c(C)[nH]c1=O.Cl. The molecule has 0 aliphatic heterocycles. The fraction of sp³-hybridized carbons (Fsp3) is 0.438. The van der Waals surface area contributed by atoms with Crippen LogP contribution in [0.2, 0.25) is 0 Å². The molecule has 0 spiro atoms. The monoisotopic (exact) mass is 342 g/mol. The Kier molecular flexibility index (Phi) is 7.82. The van der Waals surface area contributed by atoms with Crippen LogP contribution in [-0.4, -0.2) is 25.2 Å². The van der Waals surface area contributed by atoms with E-state index in [0.717, 1.165) is 42.9 Å². The van der Waals surface area contributed by atoms with Crippen molar-refractivity contribution in [1.82, 2.24) is 10.3 Å². The van der Waals surface area contributed by atoms with Gasteiger partial charge in [0, 0.05) is 46.8 Å². The maximum Gasteiger partial charge on any atom is 0.251 e. The highest BCUT2D eigenvalue weighted by Crippen LogP contribution is 2.29. The fourth-order valence-corrected chi connectivity index (χ4v) is 3.24. The van der Waals surface area contributed by atoms with Gasteiger partial charge >= 0.3 is 0 Å². The number of aromatic amines is 1. The normalized spacial score (nSPS) is 10.5. The number of methoxy groups -OCH3 is 1. The molecular formula is C16H23ClN2O2S. The number of halogens is 1. The summed E-state index contributed by atoms with van der Waals surface area (Å²) in [6.07, 6.45) is 0.749. The van der Waals surface area contributed by atoms with Crippen LogP contribution in [0.15, 0.2) is 23.0 Å². The Morgan fingerprint density at radius 2 is 2.14 bits per heavy atom. The second-order valence-corrected chi connectivity index (χ2v) is 6.12. The molecule has 0 bridgehead atoms. The van der Waals surface area contributed by atoms with Gasteiger partial charge in [-0.3, -0.25) is 4.79 Å². The van der Waals surface area contributed by atoms with Gasteiger partial charge in [0.1, 0.15) is 0 Å². The molecule has 2 heterocycles. The molecule has 0 fully saturated rings. The van der Waals surface area contributed by atoms with Crippen LogP contribution in [0.5, 0.6) is 0 Å². The van der Waals surface area contributed by atoms with Gasteiger partial charge in [0.05, 0.1) is 6.61 Å². The van der Waals surface area contributed by atoms with Gasteiger partial charge < -0.3 is 15.0 Å². The minimum atomic E-state index is 0. The van der Waals surface area contributed by atoms with Crippen molar-refractivity contribution in [2.75, 3.05) is 20.3 Å². The Hall–Kier alpha value is -1.14. The third kappa shape index (κ3) is 4.68. The van der Waals surface area contributed by atoms with Gasteiger partial charge in [0.25, 0.3) is 5.56 Å². The summed E-state index contributed by atoms with van der Waals surface area (Å²) in [6, 6.07) is 6.27. The van der Waals surface area contributed by atoms with Crippen molar-refractivity contribution in [3.05, 3.63) is 44.7 Å². The van der Waals surface area contributed by atoms with Crippen LogP contribution in [0.3, 0.4) is 0 Å². The highest BCUT2D eigenvalue weighted by molar-refractivity contribution is 7.15. The van der Waals surface area contributed by atoms with Crippen LogP contribution < -0.4 is 10.9 Å². The second kappa shape index (κ2) is 9.10. The summed E-state index contributed by atoms with van der Waals surface area (Å²) >= 11 is 1.76. The lowest BCUT2D eigenvalue weighted by Crippen LogP contribution is -2.17. The molecule has 2 aromatic heterocycles. The minimum Gasteiger partial charge on any atom is -0.383 e. The van der Waals surface area contributed by atoms with Crippen LogP contribution in [0, 0.1) is 6.92 Å². The zero-order valence-corrected chi connectivity index (χ0v) is 14.8. The second-order valence-electron chi connectivity index (χ2n) is 4.95. The molecule has 122 valence electrons. The first-order valence-electron chi connectivity index (χ1n) is 7.17. The number of aromatic nitrogens is 1. The molecule has 0 amide bonds. The number of aryl methyl sites for hydroxylation is 2. The Morgan fingerprint density at radius 3 is 2.82 bits per heavy atom. The van der Waals surface area contributed by atoms with Gasteiger partial charge in [-0.25, -0.2) is 0 Å². The smallest absolute Gasteiger partial charge is 0.251 e. The molecule has 6 heteroatoms. The van der Waals surface area contributed by atoms with Crippen molar-refractivity contribution in [2.45, 2.75) is 26.8 Å². The lowest BCUT2D eigenvalue weighted by molar-refractivity contribution is 0.199. The van der Waals surface area contributed by atoms with E-state index in [2.05, 4.69) is 22.4 Å². The van der Waals surface area contributed by atoms with E-state index >= 15 is 0 Å². The highest BCUT2D eigenvalue weighted by Gasteiger charge is 2.09. The van der Waals surface area contributed by atoms with Crippen LogP contribution in [-0.2, 0) is 17.7 Å². The van der Waals surface area contributed by atoms with Crippen molar-refractivity contribution < 1.29 is 4.74 Å². The van der Waals surface area contributed by atoms with E-state index in [4.69, 9.17) is 4.74 Å². The standard InChI is InChI=1S/C16H22N2O2S.ClH/c1-4-12-9-14(11(2)18-16(12)19)15-6-5-13(21-15)10-17-7-8-20-3;/h5-6,9,17H,4,7-8,10H2,1-3H3,(H,18,19);1H. The van der Waals surface area contributed by atoms with Crippen LogP contribution in [0.25, 0.3) is 10.4 Å². The van der Waals surface area contributed by atoms with Crippen LogP contribution in [0.4, 0.5) is 0 Å². The number of pyridine rings is 1. The van der Waals surface area contributed by atoms with E-state index in [1.807, 2.05) is 19.9 Å². The Balaban J connectivity index is 0.00000242. The number of H-pyrrole nitrogens is 1. The van der Waals surface area contributed by atoms with Crippen molar-refractivity contribution in [3.63, 3.8) is 0 Å². The van der Waals surface area contributed by atoms with Crippen molar-refractivity contribution >= 4 is 23.7 Å². The topological polar surface area (TPSA) is 54.1 Å². The van der Waals surface area contributed by atoms with E-state index < -0.39 is 0 Å². The van der Waals surface area contributed by atoms with Gasteiger partial charge in [-0.1, -0.05) is 6.92 Å². The first kappa shape index (κ1) is 18.9. The van der Waals surface area contributed by atoms with Crippen LogP contribution in [0.1, 0.15) is 23.1 Å². The maximum absolute atomic E-state index is 11.8. The third-order valence-corrected chi connectivity index (χ3v) is 4.52. The molecule has 22 heavy (non-hydrogen) atoms. The predicted molar refractivity (Wildman–Crippen MR) is 95.3 cm³/mol. The van der Waals surface area contributed by atoms with Crippen molar-refractivity contribution in [3.8, 4) is 10.4 Å². The van der Waals surface area contributed by atoms with Gasteiger partial charge in [-0.15, -0.1) is 23.7 Å². The van der Waals surface area contributed by atoms with E-state index in [9.17, 15) is 4.79 Å². The summed E-state index contributed by atoms with van der Waals surface area (Å²) < 4.78 is 5.01. The molecule has 2 N–H and O–H groups in total. The summed E-state index contributed by atoms with van der Waals surface area (Å²) in [5.74, 6) is 0. The molecule has 0 aromatic carbocycles. The molecule has 0 aliphatic rings. The number of ether oxygens (including phenoxy) is 1. The minimum absolute atomic E-state index is 0. The highest BCUT2D eigenvalue weighted by atomic mass is 35.5. The molecule has 0 radical (unpaired) electrons. The molecule has 0 saturated carbocycles. The lowest BCUT2D eigenvalue weighted by atomic mass is 10.1. The quantitative estimate of drug-likeness (QED) is 0.760. The largest absolute Gasteiger partial charge is 0.383 e. The van der Waals surface area contributed by atoms with E-state index in [0.29, 0.717) is 0 Å². The Morgan fingerprint density at radius 1 is 1.36 bits per heavy atom. The fourth-order valence-electron chi connectivity index (χ4n) is 2.19. The van der Waals surface area contributed by atoms with E-state index in [1.54, 1.807) is 18.4 Å². The number of thiophene rings is 1. The molecule has 2 aromatic rings. The zero-order chi connectivity index (χ0) is 15.2. The maximum atomic E-state index is 11.8. The average molecular weight is 343 g/mol. The number of rotatable bonds is 7. The molecular weight excluding hydrogens is 320 g/mol. The molecule has 0 atom stereocenters. The third-order valence-electron chi connectivity index (χ3n) is 3.41. The van der Waals surface area contributed by atoms with Gasteiger partial charge in [-0.2, -0.15) is 0 Å². The van der Waals surface area contributed by atoms with Crippen molar-refractivity contribution in [1.29, 1.82) is 0 Å². The first-order chi connectivity index (χ1) is 10.2. The van der Waals surface area contributed by atoms with E-state index in [1.165, 1.54) is 9.75 Å². The zero-order valence-electron chi connectivity index (χ0n) is 13.2. The molecule has 4 nitrogen and oxygen atoms in total. The lowest BCUT2D eigenvalue weighted by Gasteiger charge is -2.05. The van der Waals surface area contributed by atoms with Gasteiger partial charge in [-0.05, 0) is 31.5 Å². The predicted octanol–water partition coefficient (Wildman–Crippen LogP) is 3.13. The molecule has 0 unspecified atom stereocenters. The summed E-state index contributed by atoms with van der Waals surface area (Å²) in [5, 5.41) is 3.34. The number of nitrogens with one attached hydrogen (secondary N) is 2. The summed E-state index contributed by atoms with van der Waals surface area (Å²) in [4.78, 5) is 17.2. The summed E-state index contributed by atoms with van der Waals surface area (Å²) in [5.41, 5.74) is 2.91. The summed E-state index contributed by atoms with van der Waals surface area (Å²) in [7, 11) is 1.70. The molecule has 2 rings (SSSR count). The van der Waals surface area contributed by atoms with Gasteiger partial charge in [0.2, 0.25) is 0 Å². The molecule has 0 aliphatic carbocycles. The summed E-state index contributed by atoms with van der Waals surface area (Å²) in [6.45, 7) is 6.37. The Bertz CT molecular complexity index is 652.